The van der Waals surface area contributed by atoms with Gasteiger partial charge in [0.05, 0.1) is 11.8 Å². The van der Waals surface area contributed by atoms with Crippen LogP contribution < -0.4 is 10.0 Å². The summed E-state index contributed by atoms with van der Waals surface area (Å²) >= 11 is 0. The standard InChI is InChI=1S/C15H21N5O6S/c1-4-11(10(2)20(23)24)7-13(18-22)9-17-15(21)12-5-6-14(16-8-12)19-27(3,25)26/h5-8,10,13H,4,9H2,1-3H3,(H,16,19)(H,17,21). The second-order valence-corrected chi connectivity index (χ2v) is 7.49. The number of hydrogen-bond donors (Lipinski definition) is 2. The Balaban J connectivity index is 2.76. The van der Waals surface area contributed by atoms with Gasteiger partial charge in [-0.2, -0.15) is 4.91 Å². The topological polar surface area (TPSA) is 161 Å². The predicted molar refractivity (Wildman–Crippen MR) is 99.5 cm³/mol. The first-order valence-corrected chi connectivity index (χ1v) is 9.85. The third-order valence-electron chi connectivity index (χ3n) is 3.59. The predicted octanol–water partition coefficient (Wildman–Crippen LogP) is 1.32. The van der Waals surface area contributed by atoms with Crippen LogP contribution in [0.4, 0.5) is 5.82 Å². The number of aromatic nitrogens is 1. The number of sulfonamides is 1. The van der Waals surface area contributed by atoms with Gasteiger partial charge in [0.1, 0.15) is 11.9 Å². The summed E-state index contributed by atoms with van der Waals surface area (Å²) in [6.45, 7) is 3.00. The van der Waals surface area contributed by atoms with Gasteiger partial charge in [-0.05, 0) is 24.6 Å². The lowest BCUT2D eigenvalue weighted by Crippen LogP contribution is -2.31. The summed E-state index contributed by atoms with van der Waals surface area (Å²) in [7, 11) is -3.48. The second-order valence-electron chi connectivity index (χ2n) is 5.75. The molecule has 0 aliphatic carbocycles. The van der Waals surface area contributed by atoms with E-state index >= 15 is 0 Å². The van der Waals surface area contributed by atoms with Crippen LogP contribution in [0.2, 0.25) is 0 Å². The maximum absolute atomic E-state index is 12.1. The van der Waals surface area contributed by atoms with Gasteiger partial charge < -0.3 is 5.32 Å². The van der Waals surface area contributed by atoms with Crippen LogP contribution in [0.25, 0.3) is 0 Å². The number of rotatable bonds is 10. The van der Waals surface area contributed by atoms with Crippen LogP contribution in [0.5, 0.6) is 0 Å². The maximum atomic E-state index is 12.1. The molecule has 2 atom stereocenters. The Morgan fingerprint density at radius 3 is 2.56 bits per heavy atom. The number of nitrogens with one attached hydrogen (secondary N) is 2. The molecule has 12 heteroatoms. The van der Waals surface area contributed by atoms with Gasteiger partial charge in [-0.25, -0.2) is 13.4 Å². The van der Waals surface area contributed by atoms with Crippen molar-refractivity contribution in [1.29, 1.82) is 0 Å². The quantitative estimate of drug-likeness (QED) is 0.259. The molecule has 2 N–H and O–H groups in total. The van der Waals surface area contributed by atoms with Crippen molar-refractivity contribution in [2.75, 3.05) is 17.5 Å². The monoisotopic (exact) mass is 399 g/mol. The van der Waals surface area contributed by atoms with Crippen LogP contribution in [0, 0.1) is 15.0 Å². The Kier molecular flexibility index (Phi) is 7.97. The fourth-order valence-corrected chi connectivity index (χ4v) is 2.64. The second kappa shape index (κ2) is 9.71. The molecule has 0 bridgehead atoms. The minimum absolute atomic E-state index is 0.0609. The normalized spacial score (nSPS) is 14.1. The molecule has 0 saturated heterocycles. The van der Waals surface area contributed by atoms with Gasteiger partial charge >= 0.3 is 0 Å². The summed E-state index contributed by atoms with van der Waals surface area (Å²) in [5.74, 6) is -0.485. The Hall–Kier alpha value is -2.89. The van der Waals surface area contributed by atoms with Crippen LogP contribution in [-0.2, 0) is 10.0 Å². The van der Waals surface area contributed by atoms with E-state index in [4.69, 9.17) is 0 Å². The Morgan fingerprint density at radius 2 is 2.11 bits per heavy atom. The molecule has 0 aliphatic heterocycles. The largest absolute Gasteiger partial charge is 0.349 e. The van der Waals surface area contributed by atoms with Crippen molar-refractivity contribution in [3.8, 4) is 0 Å². The molecule has 0 saturated carbocycles. The summed E-state index contributed by atoms with van der Waals surface area (Å²) in [5.41, 5.74) is 0.591. The van der Waals surface area contributed by atoms with E-state index in [1.54, 1.807) is 6.92 Å². The SMILES string of the molecule is CCC(=CC(CNC(=O)c1ccc(NS(C)(=O)=O)nc1)N=O)C(C)[N+](=O)[O-]. The maximum Gasteiger partial charge on any atom is 0.252 e. The molecular weight excluding hydrogens is 378 g/mol. The van der Waals surface area contributed by atoms with Crippen molar-refractivity contribution in [3.63, 3.8) is 0 Å². The van der Waals surface area contributed by atoms with Crippen molar-refractivity contribution in [2.24, 2.45) is 5.18 Å². The van der Waals surface area contributed by atoms with Gasteiger partial charge in [-0.15, -0.1) is 0 Å². The van der Waals surface area contributed by atoms with Gasteiger partial charge in [0.25, 0.3) is 5.91 Å². The van der Waals surface area contributed by atoms with Crippen LogP contribution in [-0.4, -0.2) is 49.1 Å². The zero-order chi connectivity index (χ0) is 20.6. The summed E-state index contributed by atoms with van der Waals surface area (Å²) in [6.07, 6.45) is 3.91. The minimum atomic E-state index is -3.48. The highest BCUT2D eigenvalue weighted by Crippen LogP contribution is 2.12. The van der Waals surface area contributed by atoms with E-state index in [1.165, 1.54) is 31.3 Å². The van der Waals surface area contributed by atoms with Crippen LogP contribution >= 0.6 is 0 Å². The van der Waals surface area contributed by atoms with Gasteiger partial charge in [-0.1, -0.05) is 12.1 Å². The van der Waals surface area contributed by atoms with E-state index in [1.807, 2.05) is 0 Å². The number of hydrogen-bond acceptors (Lipinski definition) is 8. The van der Waals surface area contributed by atoms with Gasteiger partial charge in [0.2, 0.25) is 16.1 Å². The summed E-state index contributed by atoms with van der Waals surface area (Å²) in [4.78, 5) is 37.3. The molecular formula is C15H21N5O6S. The van der Waals surface area contributed by atoms with Crippen molar-refractivity contribution in [1.82, 2.24) is 10.3 Å². The number of carbonyl (C=O) groups excluding carboxylic acids is 1. The zero-order valence-electron chi connectivity index (χ0n) is 15.1. The average molecular weight is 399 g/mol. The first kappa shape index (κ1) is 22.2. The van der Waals surface area contributed by atoms with Crippen molar-refractivity contribution >= 4 is 21.7 Å². The van der Waals surface area contributed by atoms with Gasteiger partial charge in [0.15, 0.2) is 0 Å². The summed E-state index contributed by atoms with van der Waals surface area (Å²) in [5, 5.41) is 16.2. The average Bonchev–Trinajstić information content (AvgIpc) is 2.60. The molecule has 1 aromatic heterocycles. The number of nitrogens with zero attached hydrogens (tertiary/aromatic N) is 3. The lowest BCUT2D eigenvalue weighted by molar-refractivity contribution is -0.508. The van der Waals surface area contributed by atoms with E-state index < -0.39 is 32.9 Å². The first-order chi connectivity index (χ1) is 12.6. The number of pyridine rings is 1. The molecule has 0 spiro atoms. The smallest absolute Gasteiger partial charge is 0.252 e. The molecule has 2 unspecified atom stereocenters. The highest BCUT2D eigenvalue weighted by Gasteiger charge is 2.20. The molecule has 1 rings (SSSR count). The van der Waals surface area contributed by atoms with E-state index in [9.17, 15) is 28.2 Å². The first-order valence-electron chi connectivity index (χ1n) is 7.96. The molecule has 1 amide bonds. The summed E-state index contributed by atoms with van der Waals surface area (Å²) in [6, 6.07) is 0.778. The van der Waals surface area contributed by atoms with Crippen molar-refractivity contribution in [2.45, 2.75) is 32.4 Å². The van der Waals surface area contributed by atoms with E-state index in [2.05, 4.69) is 20.2 Å². The Bertz CT molecular complexity index is 822. The van der Waals surface area contributed by atoms with Crippen molar-refractivity contribution < 1.29 is 18.1 Å². The fourth-order valence-electron chi connectivity index (χ4n) is 2.14. The summed E-state index contributed by atoms with van der Waals surface area (Å²) < 4.78 is 24.4. The molecule has 1 aromatic rings. The highest BCUT2D eigenvalue weighted by molar-refractivity contribution is 7.92. The molecule has 0 radical (unpaired) electrons. The minimum Gasteiger partial charge on any atom is -0.349 e. The number of amides is 1. The third kappa shape index (κ3) is 7.48. The fraction of sp³-hybridized carbons (Fsp3) is 0.467. The lowest BCUT2D eigenvalue weighted by Gasteiger charge is -2.11. The molecule has 11 nitrogen and oxygen atoms in total. The zero-order valence-corrected chi connectivity index (χ0v) is 15.9. The van der Waals surface area contributed by atoms with Crippen molar-refractivity contribution in [3.05, 3.63) is 50.6 Å². The molecule has 148 valence electrons. The van der Waals surface area contributed by atoms with Crippen LogP contribution in [0.1, 0.15) is 30.6 Å². The molecule has 0 aliphatic rings. The van der Waals surface area contributed by atoms with Crippen LogP contribution in [0.3, 0.4) is 0 Å². The molecule has 0 fully saturated rings. The van der Waals surface area contributed by atoms with E-state index in [0.717, 1.165) is 6.26 Å². The lowest BCUT2D eigenvalue weighted by atomic mass is 10.0. The number of nitroso groups, excluding NO2 is 1. The van der Waals surface area contributed by atoms with Gasteiger partial charge in [-0.3, -0.25) is 19.6 Å². The number of carbonyl (C=O) groups is 1. The van der Waals surface area contributed by atoms with Crippen LogP contribution in [0.15, 0.2) is 35.2 Å². The highest BCUT2D eigenvalue weighted by atomic mass is 32.2. The number of nitro groups is 1. The Labute approximate surface area is 156 Å². The molecule has 0 aromatic carbocycles. The van der Waals surface area contributed by atoms with E-state index in [0.29, 0.717) is 12.0 Å². The molecule has 27 heavy (non-hydrogen) atoms. The van der Waals surface area contributed by atoms with Gasteiger partial charge in [0, 0.05) is 30.2 Å². The van der Waals surface area contributed by atoms with E-state index in [-0.39, 0.29) is 17.9 Å². The molecule has 1 heterocycles. The Morgan fingerprint density at radius 1 is 1.44 bits per heavy atom. The third-order valence-corrected chi connectivity index (χ3v) is 4.17. The number of anilines is 1.